The summed E-state index contributed by atoms with van der Waals surface area (Å²) in [7, 11) is 1.59. The van der Waals surface area contributed by atoms with Crippen molar-refractivity contribution in [1.29, 1.82) is 0 Å². The molecule has 0 aliphatic rings. The van der Waals surface area contributed by atoms with Crippen molar-refractivity contribution in [2.45, 2.75) is 6.42 Å². The molecule has 0 fully saturated rings. The Morgan fingerprint density at radius 2 is 2.20 bits per heavy atom. The highest BCUT2D eigenvalue weighted by atomic mass is 16.5. The number of hydrogen-bond donors (Lipinski definition) is 1. The molecule has 102 valence electrons. The normalized spacial score (nSPS) is 10.7. The van der Waals surface area contributed by atoms with Crippen molar-refractivity contribution in [2.75, 3.05) is 19.0 Å². The van der Waals surface area contributed by atoms with Gasteiger partial charge in [0.2, 0.25) is 11.8 Å². The number of pyridine rings is 1. The highest BCUT2D eigenvalue weighted by Crippen LogP contribution is 2.08. The van der Waals surface area contributed by atoms with Crippen LogP contribution in [0.4, 0.5) is 5.95 Å². The summed E-state index contributed by atoms with van der Waals surface area (Å²) in [6.07, 6.45) is 6.50. The second-order valence-corrected chi connectivity index (χ2v) is 4.30. The van der Waals surface area contributed by atoms with Crippen LogP contribution in [0.2, 0.25) is 0 Å². The molecule has 0 radical (unpaired) electrons. The van der Waals surface area contributed by atoms with Gasteiger partial charge in [0, 0.05) is 37.6 Å². The number of nitrogens with one attached hydrogen (secondary N) is 1. The number of hydrogen-bond acceptors (Lipinski definition) is 5. The second kappa shape index (κ2) is 5.56. The largest absolute Gasteiger partial charge is 0.481 e. The van der Waals surface area contributed by atoms with Crippen LogP contribution in [0.1, 0.15) is 5.69 Å². The summed E-state index contributed by atoms with van der Waals surface area (Å²) in [5.74, 6) is 1.11. The highest BCUT2D eigenvalue weighted by molar-refractivity contribution is 5.39. The molecule has 0 unspecified atom stereocenters. The van der Waals surface area contributed by atoms with E-state index in [2.05, 4.69) is 20.3 Å². The predicted octanol–water partition coefficient (Wildman–Crippen LogP) is 1.79. The average molecular weight is 269 g/mol. The third-order valence-electron chi connectivity index (χ3n) is 2.92. The first-order valence-electron chi connectivity index (χ1n) is 6.39. The highest BCUT2D eigenvalue weighted by Gasteiger charge is 2.02. The third-order valence-corrected chi connectivity index (χ3v) is 2.92. The van der Waals surface area contributed by atoms with E-state index < -0.39 is 0 Å². The molecule has 0 atom stereocenters. The summed E-state index contributed by atoms with van der Waals surface area (Å²) < 4.78 is 7.06. The molecule has 3 rings (SSSR count). The molecular formula is C14H15N5O. The first-order valence-corrected chi connectivity index (χ1v) is 6.39. The molecule has 1 N–H and O–H groups in total. The maximum Gasteiger partial charge on any atom is 0.225 e. The summed E-state index contributed by atoms with van der Waals surface area (Å²) >= 11 is 0. The van der Waals surface area contributed by atoms with Gasteiger partial charge in [0.15, 0.2) is 0 Å². The zero-order chi connectivity index (χ0) is 13.8. The average Bonchev–Trinajstić information content (AvgIpc) is 2.90. The van der Waals surface area contributed by atoms with Crippen molar-refractivity contribution in [2.24, 2.45) is 0 Å². The molecule has 3 aromatic heterocycles. The van der Waals surface area contributed by atoms with Gasteiger partial charge in [-0.25, -0.2) is 9.97 Å². The van der Waals surface area contributed by atoms with Crippen LogP contribution in [0.25, 0.3) is 5.65 Å². The molecule has 3 aromatic rings. The number of imidazole rings is 1. The van der Waals surface area contributed by atoms with E-state index in [9.17, 15) is 0 Å². The maximum absolute atomic E-state index is 5.05. The molecule has 3 heterocycles. The number of aromatic nitrogens is 4. The zero-order valence-electron chi connectivity index (χ0n) is 11.2. The van der Waals surface area contributed by atoms with Crippen LogP contribution >= 0.6 is 0 Å². The van der Waals surface area contributed by atoms with Gasteiger partial charge in [-0.1, -0.05) is 6.07 Å². The van der Waals surface area contributed by atoms with Gasteiger partial charge in [-0.15, -0.1) is 0 Å². The minimum Gasteiger partial charge on any atom is -0.481 e. The number of rotatable bonds is 5. The van der Waals surface area contributed by atoms with E-state index in [0.29, 0.717) is 11.8 Å². The molecule has 0 aliphatic carbocycles. The minimum atomic E-state index is 0.551. The van der Waals surface area contributed by atoms with Crippen molar-refractivity contribution >= 4 is 11.6 Å². The maximum atomic E-state index is 5.05. The molecule has 0 spiro atoms. The van der Waals surface area contributed by atoms with Crippen molar-refractivity contribution in [3.63, 3.8) is 0 Å². The van der Waals surface area contributed by atoms with E-state index in [1.165, 1.54) is 0 Å². The molecule has 0 amide bonds. The minimum absolute atomic E-state index is 0.551. The lowest BCUT2D eigenvalue weighted by Gasteiger charge is -2.04. The van der Waals surface area contributed by atoms with E-state index in [4.69, 9.17) is 4.74 Å². The number of fused-ring (bicyclic) bond motifs is 1. The summed E-state index contributed by atoms with van der Waals surface area (Å²) in [5, 5.41) is 3.16. The van der Waals surface area contributed by atoms with Gasteiger partial charge < -0.3 is 14.5 Å². The smallest absolute Gasteiger partial charge is 0.225 e. The van der Waals surface area contributed by atoms with Gasteiger partial charge in [0.1, 0.15) is 5.65 Å². The lowest BCUT2D eigenvalue weighted by molar-refractivity contribution is 0.397. The van der Waals surface area contributed by atoms with Crippen molar-refractivity contribution < 1.29 is 4.74 Å². The number of ether oxygens (including phenoxy) is 1. The molecular weight excluding hydrogens is 254 g/mol. The fourth-order valence-electron chi connectivity index (χ4n) is 1.95. The van der Waals surface area contributed by atoms with Gasteiger partial charge in [-0.2, -0.15) is 4.98 Å². The van der Waals surface area contributed by atoms with Gasteiger partial charge >= 0.3 is 0 Å². The Kier molecular flexibility index (Phi) is 3.45. The zero-order valence-corrected chi connectivity index (χ0v) is 11.2. The van der Waals surface area contributed by atoms with Gasteiger partial charge in [-0.3, -0.25) is 0 Å². The molecule has 0 saturated heterocycles. The fraction of sp³-hybridized carbons (Fsp3) is 0.214. The number of methoxy groups -OCH3 is 1. The summed E-state index contributed by atoms with van der Waals surface area (Å²) in [6.45, 7) is 0.719. The first-order chi connectivity index (χ1) is 9.85. The van der Waals surface area contributed by atoms with E-state index in [1.807, 2.05) is 35.0 Å². The van der Waals surface area contributed by atoms with Crippen LogP contribution < -0.4 is 10.1 Å². The van der Waals surface area contributed by atoms with E-state index in [0.717, 1.165) is 24.3 Å². The van der Waals surface area contributed by atoms with E-state index in [-0.39, 0.29) is 0 Å². The van der Waals surface area contributed by atoms with Crippen LogP contribution in [0.5, 0.6) is 5.88 Å². The topological polar surface area (TPSA) is 64.3 Å². The SMILES string of the molecule is COc1ccnc(NCCc2cn3ccccc3n2)n1. The third kappa shape index (κ3) is 2.69. The Hall–Kier alpha value is -2.63. The molecule has 6 heteroatoms. The number of anilines is 1. The molecule has 6 nitrogen and oxygen atoms in total. The van der Waals surface area contributed by atoms with E-state index in [1.54, 1.807) is 19.4 Å². The molecule has 0 aromatic carbocycles. The molecule has 0 bridgehead atoms. The summed E-state index contributed by atoms with van der Waals surface area (Å²) in [4.78, 5) is 12.9. The van der Waals surface area contributed by atoms with Crippen LogP contribution in [-0.2, 0) is 6.42 Å². The second-order valence-electron chi connectivity index (χ2n) is 4.30. The predicted molar refractivity (Wildman–Crippen MR) is 76.0 cm³/mol. The first kappa shape index (κ1) is 12.4. The Bertz CT molecular complexity index is 676. The Balaban J connectivity index is 1.61. The number of nitrogens with zero attached hydrogens (tertiary/aromatic N) is 4. The molecule has 20 heavy (non-hydrogen) atoms. The van der Waals surface area contributed by atoms with Crippen molar-refractivity contribution in [3.8, 4) is 5.88 Å². The lowest BCUT2D eigenvalue weighted by Crippen LogP contribution is -2.08. The monoisotopic (exact) mass is 269 g/mol. The standard InChI is InChI=1S/C14H15N5O/c1-20-13-6-8-16-14(18-13)15-7-5-11-10-19-9-3-2-4-12(19)17-11/h2-4,6,8-10H,5,7H2,1H3,(H,15,16,18). The fourth-order valence-corrected chi connectivity index (χ4v) is 1.95. The Morgan fingerprint density at radius 1 is 1.25 bits per heavy atom. The Morgan fingerprint density at radius 3 is 3.05 bits per heavy atom. The summed E-state index contributed by atoms with van der Waals surface area (Å²) in [6, 6.07) is 7.67. The van der Waals surface area contributed by atoms with Crippen molar-refractivity contribution in [3.05, 3.63) is 48.5 Å². The quantitative estimate of drug-likeness (QED) is 0.765. The van der Waals surface area contributed by atoms with Crippen LogP contribution in [0.15, 0.2) is 42.9 Å². The van der Waals surface area contributed by atoms with Crippen LogP contribution in [0.3, 0.4) is 0 Å². The summed E-state index contributed by atoms with van der Waals surface area (Å²) in [5.41, 5.74) is 1.99. The lowest BCUT2D eigenvalue weighted by atomic mass is 10.3. The van der Waals surface area contributed by atoms with Gasteiger partial charge in [-0.05, 0) is 12.1 Å². The van der Waals surface area contributed by atoms with Crippen molar-refractivity contribution in [1.82, 2.24) is 19.4 Å². The van der Waals surface area contributed by atoms with Crippen LogP contribution in [0, 0.1) is 0 Å². The van der Waals surface area contributed by atoms with Gasteiger partial charge in [0.25, 0.3) is 0 Å². The Labute approximate surface area is 116 Å². The van der Waals surface area contributed by atoms with Crippen LogP contribution in [-0.4, -0.2) is 33.0 Å². The van der Waals surface area contributed by atoms with E-state index >= 15 is 0 Å². The van der Waals surface area contributed by atoms with Gasteiger partial charge in [0.05, 0.1) is 12.8 Å². The molecule has 0 saturated carbocycles. The molecule has 0 aliphatic heterocycles.